The molecule has 0 fully saturated rings. The van der Waals surface area contributed by atoms with Crippen molar-refractivity contribution < 1.29 is 9.90 Å². The summed E-state index contributed by atoms with van der Waals surface area (Å²) in [7, 11) is 0. The third-order valence-corrected chi connectivity index (χ3v) is 5.50. The van der Waals surface area contributed by atoms with Crippen LogP contribution in [-0.2, 0) is 11.2 Å². The van der Waals surface area contributed by atoms with Gasteiger partial charge in [-0.1, -0.05) is 121 Å². The molecule has 1 aromatic rings. The van der Waals surface area contributed by atoms with Crippen molar-refractivity contribution in [2.45, 2.75) is 109 Å². The van der Waals surface area contributed by atoms with Crippen molar-refractivity contribution in [1.82, 2.24) is 5.32 Å². The lowest BCUT2D eigenvalue weighted by molar-refractivity contribution is -0.139. The summed E-state index contributed by atoms with van der Waals surface area (Å²) in [5, 5.41) is 12.6. The smallest absolute Gasteiger partial charge is 0.321 e. The minimum absolute atomic E-state index is 0.482. The van der Waals surface area contributed by atoms with E-state index in [0.29, 0.717) is 6.42 Å². The van der Waals surface area contributed by atoms with Gasteiger partial charge in [-0.3, -0.25) is 4.79 Å². The average Bonchev–Trinajstić information content (AvgIpc) is 2.70. The topological polar surface area (TPSA) is 49.3 Å². The Bertz CT molecular complexity index is 475. The van der Waals surface area contributed by atoms with E-state index in [1.807, 2.05) is 30.3 Å². The SMILES string of the molecule is CCCCCCCCCCCCCCCCNC(Cc1ccccc1)C(=O)O. The fraction of sp³-hybridized carbons (Fsp3) is 0.720. The van der Waals surface area contributed by atoms with Crippen molar-refractivity contribution in [3.63, 3.8) is 0 Å². The highest BCUT2D eigenvalue weighted by Crippen LogP contribution is 2.13. The van der Waals surface area contributed by atoms with E-state index in [-0.39, 0.29) is 0 Å². The van der Waals surface area contributed by atoms with Gasteiger partial charge in [0.05, 0.1) is 0 Å². The number of aliphatic carboxylic acids is 1. The number of carboxylic acid groups (broad SMARTS) is 1. The molecule has 1 atom stereocenters. The molecule has 0 aliphatic rings. The van der Waals surface area contributed by atoms with Crippen LogP contribution < -0.4 is 5.32 Å². The molecular formula is C25H43NO2. The molecule has 0 saturated heterocycles. The van der Waals surface area contributed by atoms with Crippen LogP contribution in [0.4, 0.5) is 0 Å². The molecule has 1 aromatic carbocycles. The third kappa shape index (κ3) is 13.8. The molecule has 0 amide bonds. The number of benzene rings is 1. The first-order valence-corrected chi connectivity index (χ1v) is 11.7. The molecule has 1 unspecified atom stereocenters. The molecule has 0 bridgehead atoms. The van der Waals surface area contributed by atoms with Gasteiger partial charge in [-0.05, 0) is 24.9 Å². The fourth-order valence-corrected chi connectivity index (χ4v) is 3.69. The molecule has 0 aromatic heterocycles. The van der Waals surface area contributed by atoms with Gasteiger partial charge in [0, 0.05) is 0 Å². The quantitative estimate of drug-likeness (QED) is 0.257. The number of rotatable bonds is 19. The van der Waals surface area contributed by atoms with E-state index in [9.17, 15) is 9.90 Å². The van der Waals surface area contributed by atoms with E-state index in [1.54, 1.807) is 0 Å². The van der Waals surface area contributed by atoms with Crippen molar-refractivity contribution >= 4 is 5.97 Å². The Morgan fingerprint density at radius 3 is 1.71 bits per heavy atom. The van der Waals surface area contributed by atoms with Gasteiger partial charge in [0.2, 0.25) is 0 Å². The number of hydrogen-bond donors (Lipinski definition) is 2. The number of carbonyl (C=O) groups is 1. The Kier molecular flexibility index (Phi) is 15.6. The van der Waals surface area contributed by atoms with Crippen molar-refractivity contribution in [1.29, 1.82) is 0 Å². The van der Waals surface area contributed by atoms with Gasteiger partial charge in [0.15, 0.2) is 0 Å². The van der Waals surface area contributed by atoms with Gasteiger partial charge < -0.3 is 10.4 Å². The van der Waals surface area contributed by atoms with E-state index < -0.39 is 12.0 Å². The number of unbranched alkanes of at least 4 members (excludes halogenated alkanes) is 13. The average molecular weight is 390 g/mol. The summed E-state index contributed by atoms with van der Waals surface area (Å²) in [4.78, 5) is 11.4. The molecule has 160 valence electrons. The molecular weight excluding hydrogens is 346 g/mol. The summed E-state index contributed by atoms with van der Waals surface area (Å²) in [5.41, 5.74) is 1.07. The highest BCUT2D eigenvalue weighted by Gasteiger charge is 2.16. The highest BCUT2D eigenvalue weighted by molar-refractivity contribution is 5.73. The Morgan fingerprint density at radius 1 is 0.786 bits per heavy atom. The Morgan fingerprint density at radius 2 is 1.25 bits per heavy atom. The van der Waals surface area contributed by atoms with Crippen LogP contribution >= 0.6 is 0 Å². The van der Waals surface area contributed by atoms with Crippen LogP contribution in [0.1, 0.15) is 102 Å². The van der Waals surface area contributed by atoms with Gasteiger partial charge in [-0.2, -0.15) is 0 Å². The fourth-order valence-electron chi connectivity index (χ4n) is 3.69. The van der Waals surface area contributed by atoms with Gasteiger partial charge in [0.25, 0.3) is 0 Å². The molecule has 0 spiro atoms. The molecule has 0 saturated carbocycles. The Hall–Kier alpha value is -1.35. The largest absolute Gasteiger partial charge is 0.480 e. The van der Waals surface area contributed by atoms with Crippen molar-refractivity contribution in [3.8, 4) is 0 Å². The monoisotopic (exact) mass is 389 g/mol. The van der Waals surface area contributed by atoms with E-state index in [4.69, 9.17) is 0 Å². The zero-order chi connectivity index (χ0) is 20.3. The van der Waals surface area contributed by atoms with E-state index >= 15 is 0 Å². The summed E-state index contributed by atoms with van der Waals surface area (Å²) >= 11 is 0. The zero-order valence-corrected chi connectivity index (χ0v) is 18.1. The first-order chi connectivity index (χ1) is 13.7. The molecule has 0 aliphatic heterocycles. The summed E-state index contributed by atoms with van der Waals surface area (Å²) in [6.07, 6.45) is 19.4. The predicted octanol–water partition coefficient (Wildman–Crippen LogP) is 6.75. The lowest BCUT2D eigenvalue weighted by atomic mass is 10.0. The zero-order valence-electron chi connectivity index (χ0n) is 18.1. The number of nitrogens with one attached hydrogen (secondary N) is 1. The minimum atomic E-state index is -0.755. The maximum atomic E-state index is 11.4. The summed E-state index contributed by atoms with van der Waals surface area (Å²) in [6, 6.07) is 9.38. The summed E-state index contributed by atoms with van der Waals surface area (Å²) < 4.78 is 0. The number of hydrogen-bond acceptors (Lipinski definition) is 2. The van der Waals surface area contributed by atoms with Crippen molar-refractivity contribution in [2.24, 2.45) is 0 Å². The Labute approximate surface area is 173 Å². The number of carboxylic acids is 1. The Balaban J connectivity index is 1.90. The van der Waals surface area contributed by atoms with Crippen molar-refractivity contribution in [2.75, 3.05) is 6.54 Å². The molecule has 3 nitrogen and oxygen atoms in total. The van der Waals surface area contributed by atoms with Crippen LogP contribution in [-0.4, -0.2) is 23.7 Å². The molecule has 0 radical (unpaired) electrons. The van der Waals surface area contributed by atoms with E-state index in [2.05, 4.69) is 12.2 Å². The van der Waals surface area contributed by atoms with Gasteiger partial charge in [-0.15, -0.1) is 0 Å². The van der Waals surface area contributed by atoms with Gasteiger partial charge >= 0.3 is 5.97 Å². The molecule has 2 N–H and O–H groups in total. The molecule has 3 heteroatoms. The van der Waals surface area contributed by atoms with Crippen LogP contribution in [0.15, 0.2) is 30.3 Å². The molecule has 28 heavy (non-hydrogen) atoms. The second kappa shape index (κ2) is 17.7. The van der Waals surface area contributed by atoms with Crippen molar-refractivity contribution in [3.05, 3.63) is 35.9 Å². The van der Waals surface area contributed by atoms with E-state index in [0.717, 1.165) is 18.5 Å². The van der Waals surface area contributed by atoms with E-state index in [1.165, 1.54) is 83.5 Å². The van der Waals surface area contributed by atoms with Gasteiger partial charge in [-0.25, -0.2) is 0 Å². The van der Waals surface area contributed by atoms with Crippen LogP contribution in [0, 0.1) is 0 Å². The summed E-state index contributed by atoms with van der Waals surface area (Å²) in [6.45, 7) is 3.07. The maximum Gasteiger partial charge on any atom is 0.321 e. The molecule has 0 heterocycles. The first-order valence-electron chi connectivity index (χ1n) is 11.7. The molecule has 1 rings (SSSR count). The van der Waals surface area contributed by atoms with Crippen LogP contribution in [0.25, 0.3) is 0 Å². The molecule has 0 aliphatic carbocycles. The third-order valence-electron chi connectivity index (χ3n) is 5.50. The lowest BCUT2D eigenvalue weighted by Gasteiger charge is -2.14. The van der Waals surface area contributed by atoms with Gasteiger partial charge in [0.1, 0.15) is 6.04 Å². The maximum absolute atomic E-state index is 11.4. The minimum Gasteiger partial charge on any atom is -0.480 e. The normalized spacial score (nSPS) is 12.2. The van der Waals surface area contributed by atoms with Crippen LogP contribution in [0.2, 0.25) is 0 Å². The summed E-state index contributed by atoms with van der Waals surface area (Å²) in [5.74, 6) is -0.755. The second-order valence-electron chi connectivity index (χ2n) is 8.13. The standard InChI is InChI=1S/C25H43NO2/c1-2-3-4-5-6-7-8-9-10-11-12-13-14-18-21-26-24(25(27)28)22-23-19-16-15-17-20-23/h15-17,19-20,24,26H,2-14,18,21-22H2,1H3,(H,27,28). The lowest BCUT2D eigenvalue weighted by Crippen LogP contribution is -2.39. The highest BCUT2D eigenvalue weighted by atomic mass is 16.4. The second-order valence-corrected chi connectivity index (χ2v) is 8.13. The van der Waals surface area contributed by atoms with Crippen LogP contribution in [0.3, 0.4) is 0 Å². The predicted molar refractivity (Wildman–Crippen MR) is 120 cm³/mol. The van der Waals surface area contributed by atoms with Crippen LogP contribution in [0.5, 0.6) is 0 Å². The first kappa shape index (κ1) is 24.7.